The highest BCUT2D eigenvalue weighted by molar-refractivity contribution is 5.96. The van der Waals surface area contributed by atoms with Gasteiger partial charge in [0.1, 0.15) is 11.5 Å². The van der Waals surface area contributed by atoms with Crippen molar-refractivity contribution in [2.75, 3.05) is 55.7 Å². The van der Waals surface area contributed by atoms with E-state index in [-0.39, 0.29) is 29.3 Å². The van der Waals surface area contributed by atoms with E-state index in [9.17, 15) is 19.7 Å². The third-order valence-electron chi connectivity index (χ3n) is 6.38. The second-order valence-electron chi connectivity index (χ2n) is 8.56. The Morgan fingerprint density at radius 1 is 1.09 bits per heavy atom. The Balaban J connectivity index is 1.37. The van der Waals surface area contributed by atoms with Crippen molar-refractivity contribution in [3.8, 4) is 0 Å². The number of carbonyl (C=O) groups excluding carboxylic acids is 2. The van der Waals surface area contributed by atoms with Crippen molar-refractivity contribution < 1.29 is 19.2 Å². The number of hydrogen-bond acceptors (Lipinski definition) is 8. The van der Waals surface area contributed by atoms with E-state index < -0.39 is 4.92 Å². The number of amides is 2. The van der Waals surface area contributed by atoms with Crippen LogP contribution in [0, 0.1) is 10.1 Å². The van der Waals surface area contributed by atoms with Gasteiger partial charge >= 0.3 is 6.09 Å². The maximum Gasteiger partial charge on any atom is 0.409 e. The summed E-state index contributed by atoms with van der Waals surface area (Å²) >= 11 is 0. The summed E-state index contributed by atoms with van der Waals surface area (Å²) in [7, 11) is 0. The van der Waals surface area contributed by atoms with Gasteiger partial charge in [0.25, 0.3) is 11.6 Å². The number of carbonyl (C=O) groups is 2. The third kappa shape index (κ3) is 5.79. The number of nitro groups is 1. The first-order valence-electron chi connectivity index (χ1n) is 11.9. The quantitative estimate of drug-likeness (QED) is 0.493. The highest BCUT2D eigenvalue weighted by Crippen LogP contribution is 2.31. The number of nitrogens with one attached hydrogen (secondary N) is 1. The summed E-state index contributed by atoms with van der Waals surface area (Å²) in [6.45, 7) is 5.69. The molecule has 186 valence electrons. The fraction of sp³-hybridized carbons (Fsp3) is 0.458. The van der Waals surface area contributed by atoms with Crippen LogP contribution in [0.4, 0.5) is 22.0 Å². The van der Waals surface area contributed by atoms with Crippen LogP contribution in [0.1, 0.15) is 30.1 Å². The van der Waals surface area contributed by atoms with E-state index in [4.69, 9.17) is 4.74 Å². The topological polar surface area (TPSA) is 121 Å². The number of likely N-dealkylation sites (tertiary alicyclic amines) is 1. The molecule has 1 aromatic carbocycles. The molecule has 0 bridgehead atoms. The summed E-state index contributed by atoms with van der Waals surface area (Å²) < 4.78 is 5.02. The Kier molecular flexibility index (Phi) is 7.64. The number of aromatic nitrogens is 1. The van der Waals surface area contributed by atoms with E-state index >= 15 is 0 Å². The molecule has 4 rings (SSSR count). The van der Waals surface area contributed by atoms with Crippen molar-refractivity contribution >= 4 is 29.2 Å². The Morgan fingerprint density at radius 3 is 2.43 bits per heavy atom. The molecule has 0 saturated carbocycles. The van der Waals surface area contributed by atoms with Gasteiger partial charge in [0.15, 0.2) is 0 Å². The first kappa shape index (κ1) is 24.2. The Hall–Kier alpha value is -3.89. The van der Waals surface area contributed by atoms with Gasteiger partial charge in [-0.1, -0.05) is 6.07 Å². The molecule has 0 atom stereocenters. The molecule has 0 unspecified atom stereocenters. The van der Waals surface area contributed by atoms with Crippen LogP contribution >= 0.6 is 0 Å². The zero-order chi connectivity index (χ0) is 24.8. The number of anilines is 2. The van der Waals surface area contributed by atoms with Crippen LogP contribution in [0.25, 0.3) is 0 Å². The molecule has 1 aromatic heterocycles. The molecule has 11 heteroatoms. The maximum absolute atomic E-state index is 12.8. The summed E-state index contributed by atoms with van der Waals surface area (Å²) in [5, 5.41) is 14.8. The van der Waals surface area contributed by atoms with Crippen LogP contribution in [0.5, 0.6) is 0 Å². The lowest BCUT2D eigenvalue weighted by Crippen LogP contribution is -2.47. The lowest BCUT2D eigenvalue weighted by atomic mass is 10.0. The van der Waals surface area contributed by atoms with Crippen molar-refractivity contribution in [1.29, 1.82) is 0 Å². The lowest BCUT2D eigenvalue weighted by Gasteiger charge is -2.36. The third-order valence-corrected chi connectivity index (χ3v) is 6.38. The van der Waals surface area contributed by atoms with Crippen LogP contribution in [0.15, 0.2) is 42.6 Å². The zero-order valence-corrected chi connectivity index (χ0v) is 19.8. The first-order valence-corrected chi connectivity index (χ1v) is 11.9. The number of nitro benzene ring substituents is 1. The van der Waals surface area contributed by atoms with Crippen LogP contribution < -0.4 is 15.1 Å². The van der Waals surface area contributed by atoms with Crippen molar-refractivity contribution in [3.05, 3.63) is 58.3 Å². The average Bonchev–Trinajstić information content (AvgIpc) is 2.89. The Bertz CT molecular complexity index is 1050. The fourth-order valence-electron chi connectivity index (χ4n) is 4.49. The van der Waals surface area contributed by atoms with Gasteiger partial charge in [0, 0.05) is 63.1 Å². The van der Waals surface area contributed by atoms with Crippen LogP contribution in [0.3, 0.4) is 0 Å². The minimum atomic E-state index is -0.435. The van der Waals surface area contributed by atoms with Gasteiger partial charge < -0.3 is 24.8 Å². The van der Waals surface area contributed by atoms with Gasteiger partial charge in [0.05, 0.1) is 11.5 Å². The van der Waals surface area contributed by atoms with Crippen molar-refractivity contribution in [2.45, 2.75) is 25.8 Å². The SMILES string of the molecule is CCOC(=O)N1CCC(NC(=O)c2ccc(N3CCN(c4ccccn4)CC3)c([N+](=O)[O-])c2)CC1. The minimum absolute atomic E-state index is 0.0823. The molecule has 2 aliphatic rings. The summed E-state index contributed by atoms with van der Waals surface area (Å²) in [5.41, 5.74) is 0.677. The fourth-order valence-corrected chi connectivity index (χ4v) is 4.49. The van der Waals surface area contributed by atoms with Gasteiger partial charge in [-0.25, -0.2) is 9.78 Å². The normalized spacial score (nSPS) is 16.7. The molecular formula is C24H30N6O5. The summed E-state index contributed by atoms with van der Waals surface area (Å²) in [5.74, 6) is 0.538. The molecule has 3 heterocycles. The summed E-state index contributed by atoms with van der Waals surface area (Å²) in [6.07, 6.45) is 2.61. The molecule has 11 nitrogen and oxygen atoms in total. The first-order chi connectivity index (χ1) is 17.0. The van der Waals surface area contributed by atoms with Crippen LogP contribution in [-0.4, -0.2) is 78.7 Å². The summed E-state index contributed by atoms with van der Waals surface area (Å²) in [6, 6.07) is 10.3. The number of piperazine rings is 1. The molecule has 35 heavy (non-hydrogen) atoms. The highest BCUT2D eigenvalue weighted by Gasteiger charge is 2.28. The predicted molar refractivity (Wildman–Crippen MR) is 131 cm³/mol. The van der Waals surface area contributed by atoms with Gasteiger partial charge in [-0.05, 0) is 44.0 Å². The van der Waals surface area contributed by atoms with Gasteiger partial charge in [0.2, 0.25) is 0 Å². The number of nitrogens with zero attached hydrogens (tertiary/aromatic N) is 5. The predicted octanol–water partition coefficient (Wildman–Crippen LogP) is 2.67. The highest BCUT2D eigenvalue weighted by atomic mass is 16.6. The van der Waals surface area contributed by atoms with E-state index in [0.29, 0.717) is 64.4 Å². The van der Waals surface area contributed by atoms with Crippen molar-refractivity contribution in [2.24, 2.45) is 0 Å². The van der Waals surface area contributed by atoms with E-state index in [1.54, 1.807) is 30.2 Å². The second kappa shape index (κ2) is 11.0. The number of ether oxygens (including phenoxy) is 1. The smallest absolute Gasteiger partial charge is 0.409 e. The molecule has 2 aliphatic heterocycles. The maximum atomic E-state index is 12.8. The van der Waals surface area contributed by atoms with Crippen LogP contribution in [0.2, 0.25) is 0 Å². The molecule has 0 aliphatic carbocycles. The van der Waals surface area contributed by atoms with Gasteiger partial charge in [-0.15, -0.1) is 0 Å². The van der Waals surface area contributed by atoms with E-state index in [1.807, 2.05) is 23.1 Å². The minimum Gasteiger partial charge on any atom is -0.450 e. The number of hydrogen-bond donors (Lipinski definition) is 1. The molecule has 2 fully saturated rings. The van der Waals surface area contributed by atoms with Crippen LogP contribution in [-0.2, 0) is 4.74 Å². The number of piperidine rings is 1. The number of pyridine rings is 1. The zero-order valence-electron chi connectivity index (χ0n) is 19.8. The molecule has 0 radical (unpaired) electrons. The Morgan fingerprint density at radius 2 is 1.80 bits per heavy atom. The van der Waals surface area contributed by atoms with E-state index in [0.717, 1.165) is 5.82 Å². The molecule has 2 amide bonds. The van der Waals surface area contributed by atoms with Crippen molar-refractivity contribution in [1.82, 2.24) is 15.2 Å². The van der Waals surface area contributed by atoms with E-state index in [1.165, 1.54) is 6.07 Å². The molecule has 2 aromatic rings. The van der Waals surface area contributed by atoms with Crippen molar-refractivity contribution in [3.63, 3.8) is 0 Å². The lowest BCUT2D eigenvalue weighted by molar-refractivity contribution is -0.384. The number of benzene rings is 1. The molecule has 0 spiro atoms. The average molecular weight is 483 g/mol. The molecule has 1 N–H and O–H groups in total. The second-order valence-corrected chi connectivity index (χ2v) is 8.56. The standard InChI is InChI=1S/C24H30N6O5/c1-2-35-24(32)29-11-8-19(9-12-29)26-23(31)18-6-7-20(21(17-18)30(33)34)27-13-15-28(16-14-27)22-5-3-4-10-25-22/h3-7,10,17,19H,2,8-9,11-16H2,1H3,(H,26,31). The monoisotopic (exact) mass is 482 g/mol. The largest absolute Gasteiger partial charge is 0.450 e. The van der Waals surface area contributed by atoms with Gasteiger partial charge in [-0.2, -0.15) is 0 Å². The molecule has 2 saturated heterocycles. The van der Waals surface area contributed by atoms with Gasteiger partial charge in [-0.3, -0.25) is 14.9 Å². The van der Waals surface area contributed by atoms with E-state index in [2.05, 4.69) is 15.2 Å². The molecular weight excluding hydrogens is 452 g/mol. The summed E-state index contributed by atoms with van der Waals surface area (Å²) in [4.78, 5) is 46.2. The number of rotatable bonds is 6. The Labute approximate surface area is 203 Å².